The summed E-state index contributed by atoms with van der Waals surface area (Å²) in [5.41, 5.74) is 1.26. The summed E-state index contributed by atoms with van der Waals surface area (Å²) in [7, 11) is 0. The van der Waals surface area contributed by atoms with Gasteiger partial charge in [0, 0.05) is 12.8 Å². The summed E-state index contributed by atoms with van der Waals surface area (Å²) in [6.45, 7) is 10.6. The fraction of sp³-hybridized carbons (Fsp3) is 0.500. The van der Waals surface area contributed by atoms with Crippen molar-refractivity contribution in [1.29, 1.82) is 0 Å². The maximum Gasteiger partial charge on any atom is 0.304 e. The van der Waals surface area contributed by atoms with Gasteiger partial charge in [-0.3, -0.25) is 19.2 Å². The maximum absolute atomic E-state index is 13.6. The SMILES string of the molecule is CC(=O)O[C@@]12C(=O)C(=O)C(=C(O)C1=O)C/C=C(/C)CC/C=C(\C)CC/C=C(\C)C[C@@H]2C=C(C)C. The summed E-state index contributed by atoms with van der Waals surface area (Å²) >= 11 is 0. The van der Waals surface area contributed by atoms with Gasteiger partial charge in [-0.2, -0.15) is 0 Å². The molecule has 6 nitrogen and oxygen atoms in total. The quantitative estimate of drug-likeness (QED) is 0.245. The van der Waals surface area contributed by atoms with Crippen LogP contribution in [0, 0.1) is 5.92 Å². The van der Waals surface area contributed by atoms with Gasteiger partial charge in [0.05, 0.1) is 5.57 Å². The summed E-state index contributed by atoms with van der Waals surface area (Å²) in [6.07, 6.45) is 11.1. The lowest BCUT2D eigenvalue weighted by atomic mass is 9.69. The van der Waals surface area contributed by atoms with Gasteiger partial charge >= 0.3 is 5.97 Å². The Morgan fingerprint density at radius 2 is 1.50 bits per heavy atom. The fourth-order valence-corrected chi connectivity index (χ4v) is 4.48. The van der Waals surface area contributed by atoms with Crippen LogP contribution in [0.5, 0.6) is 0 Å². The van der Waals surface area contributed by atoms with E-state index in [0.29, 0.717) is 0 Å². The first-order chi connectivity index (χ1) is 15.9. The Hall–Kier alpha value is -3.02. The van der Waals surface area contributed by atoms with Crippen molar-refractivity contribution < 1.29 is 29.0 Å². The molecule has 0 fully saturated rings. The predicted molar refractivity (Wildman–Crippen MR) is 131 cm³/mol. The van der Waals surface area contributed by atoms with E-state index < -0.39 is 40.6 Å². The Morgan fingerprint density at radius 1 is 0.941 bits per heavy atom. The van der Waals surface area contributed by atoms with Gasteiger partial charge < -0.3 is 9.84 Å². The third-order valence-corrected chi connectivity index (χ3v) is 6.28. The Morgan fingerprint density at radius 3 is 2.06 bits per heavy atom. The molecular formula is C28H36O6. The molecule has 3 aliphatic rings. The number of fused-ring (bicyclic) bond motifs is 11. The summed E-state index contributed by atoms with van der Waals surface area (Å²) < 4.78 is 5.41. The zero-order valence-electron chi connectivity index (χ0n) is 21.1. The van der Waals surface area contributed by atoms with Crippen LogP contribution in [0.2, 0.25) is 0 Å². The van der Waals surface area contributed by atoms with E-state index in [4.69, 9.17) is 4.74 Å². The van der Waals surface area contributed by atoms with Gasteiger partial charge in [0.25, 0.3) is 5.78 Å². The van der Waals surface area contributed by atoms with Crippen molar-refractivity contribution >= 4 is 23.3 Å². The molecule has 0 aromatic carbocycles. The Kier molecular flexibility index (Phi) is 9.14. The number of hydrogen-bond donors (Lipinski definition) is 1. The van der Waals surface area contributed by atoms with Gasteiger partial charge in [-0.25, -0.2) is 0 Å². The first-order valence-corrected chi connectivity index (χ1v) is 11.8. The monoisotopic (exact) mass is 468 g/mol. The Balaban J connectivity index is 2.76. The van der Waals surface area contributed by atoms with Crippen LogP contribution in [-0.2, 0) is 23.9 Å². The van der Waals surface area contributed by atoms with Gasteiger partial charge in [0.2, 0.25) is 17.2 Å². The highest BCUT2D eigenvalue weighted by Gasteiger charge is 2.61. The van der Waals surface area contributed by atoms with E-state index in [1.54, 1.807) is 26.0 Å². The number of hydrogen-bond acceptors (Lipinski definition) is 6. The van der Waals surface area contributed by atoms with Crippen molar-refractivity contribution in [2.45, 2.75) is 85.7 Å². The van der Waals surface area contributed by atoms with Crippen LogP contribution >= 0.6 is 0 Å². The molecule has 0 saturated heterocycles. The summed E-state index contributed by atoms with van der Waals surface area (Å²) in [5, 5.41) is 10.8. The lowest BCUT2D eigenvalue weighted by Gasteiger charge is -2.38. The minimum absolute atomic E-state index is 0.0426. The van der Waals surface area contributed by atoms with Crippen LogP contribution in [0.15, 0.2) is 57.9 Å². The van der Waals surface area contributed by atoms with Crippen LogP contribution in [0.3, 0.4) is 0 Å². The molecule has 0 aromatic rings. The number of carbonyl (C=O) groups is 4. The van der Waals surface area contributed by atoms with E-state index in [1.165, 1.54) is 5.57 Å². The van der Waals surface area contributed by atoms with Crippen LogP contribution in [0.4, 0.5) is 0 Å². The second-order valence-electron chi connectivity index (χ2n) is 9.63. The number of aliphatic hydroxyl groups excluding tert-OH is 1. The van der Waals surface area contributed by atoms with E-state index in [1.807, 2.05) is 19.9 Å². The smallest absolute Gasteiger partial charge is 0.304 e. The van der Waals surface area contributed by atoms with Gasteiger partial charge in [0.1, 0.15) is 0 Å². The normalized spacial score (nSPS) is 29.9. The predicted octanol–water partition coefficient (Wildman–Crippen LogP) is 5.60. The molecule has 0 saturated carbocycles. The largest absolute Gasteiger partial charge is 0.504 e. The molecule has 184 valence electrons. The average molecular weight is 469 g/mol. The Bertz CT molecular complexity index is 1030. The lowest BCUT2D eigenvalue weighted by molar-refractivity contribution is -0.177. The van der Waals surface area contributed by atoms with Crippen molar-refractivity contribution in [2.24, 2.45) is 5.92 Å². The van der Waals surface area contributed by atoms with Crippen molar-refractivity contribution in [2.75, 3.05) is 0 Å². The zero-order valence-corrected chi connectivity index (χ0v) is 21.1. The standard InChI is InChI=1S/C28H36O6/c1-17(2)15-22-16-20(5)12-8-10-18(3)9-7-11-19(4)13-14-23-24(30)26(32)28(22,34-21(6)29)27(33)25(23)31/h9,12-13,15,22,30H,7-8,10-11,14,16H2,1-6H3/b18-9+,19-13-,20-12+/t22-,28+/m0/s1. The second kappa shape index (κ2) is 11.4. The Labute approximate surface area is 202 Å². The minimum Gasteiger partial charge on any atom is -0.504 e. The fourth-order valence-electron chi connectivity index (χ4n) is 4.48. The van der Waals surface area contributed by atoms with Gasteiger partial charge in [-0.15, -0.1) is 0 Å². The third-order valence-electron chi connectivity index (χ3n) is 6.28. The molecule has 6 heteroatoms. The second-order valence-corrected chi connectivity index (χ2v) is 9.63. The zero-order chi connectivity index (χ0) is 25.6. The molecule has 2 atom stereocenters. The molecule has 0 amide bonds. The molecule has 0 unspecified atom stereocenters. The van der Waals surface area contributed by atoms with E-state index >= 15 is 0 Å². The first kappa shape index (κ1) is 27.2. The minimum atomic E-state index is -2.43. The van der Waals surface area contributed by atoms with Gasteiger partial charge in [-0.1, -0.05) is 46.6 Å². The number of carbonyl (C=O) groups excluding carboxylic acids is 4. The molecule has 0 aromatic heterocycles. The number of esters is 1. The lowest BCUT2D eigenvalue weighted by Crippen LogP contribution is -2.61. The number of allylic oxidation sites excluding steroid dienone is 8. The molecule has 3 rings (SSSR count). The summed E-state index contributed by atoms with van der Waals surface area (Å²) in [5.74, 6) is -5.74. The summed E-state index contributed by atoms with van der Waals surface area (Å²) in [6, 6.07) is 0. The molecule has 0 aliphatic heterocycles. The van der Waals surface area contributed by atoms with Crippen LogP contribution < -0.4 is 0 Å². The molecule has 0 radical (unpaired) electrons. The summed E-state index contributed by atoms with van der Waals surface area (Å²) in [4.78, 5) is 52.4. The highest BCUT2D eigenvalue weighted by atomic mass is 16.6. The van der Waals surface area contributed by atoms with Crippen molar-refractivity contribution in [3.63, 3.8) is 0 Å². The molecule has 2 bridgehead atoms. The average Bonchev–Trinajstić information content (AvgIpc) is 2.74. The van der Waals surface area contributed by atoms with E-state index in [2.05, 4.69) is 13.0 Å². The molecule has 34 heavy (non-hydrogen) atoms. The van der Waals surface area contributed by atoms with Gasteiger partial charge in [0.15, 0.2) is 5.76 Å². The van der Waals surface area contributed by atoms with Gasteiger partial charge in [-0.05, 0) is 73.1 Å². The van der Waals surface area contributed by atoms with Crippen LogP contribution in [0.25, 0.3) is 0 Å². The van der Waals surface area contributed by atoms with Crippen molar-refractivity contribution in [3.8, 4) is 0 Å². The number of rotatable bonds is 2. The number of Topliss-reactive ketones (excluding diaryl/α,β-unsaturated/α-hetero) is 3. The van der Waals surface area contributed by atoms with E-state index in [0.717, 1.165) is 49.3 Å². The van der Waals surface area contributed by atoms with Crippen LogP contribution in [-0.4, -0.2) is 34.0 Å². The van der Waals surface area contributed by atoms with Crippen molar-refractivity contribution in [3.05, 3.63) is 57.9 Å². The van der Waals surface area contributed by atoms with E-state index in [-0.39, 0.29) is 18.4 Å². The topological polar surface area (TPSA) is 97.7 Å². The number of ketones is 3. The molecule has 0 spiro atoms. The van der Waals surface area contributed by atoms with Crippen LogP contribution in [0.1, 0.15) is 80.1 Å². The number of aliphatic hydroxyl groups is 1. The molecule has 3 aliphatic carbocycles. The highest BCUT2D eigenvalue weighted by molar-refractivity contribution is 6.54. The van der Waals surface area contributed by atoms with Crippen molar-refractivity contribution in [1.82, 2.24) is 0 Å². The first-order valence-electron chi connectivity index (χ1n) is 11.8. The highest BCUT2D eigenvalue weighted by Crippen LogP contribution is 2.39. The maximum atomic E-state index is 13.6. The molecular weight excluding hydrogens is 432 g/mol. The number of ether oxygens (including phenoxy) is 1. The molecule has 1 N–H and O–H groups in total. The van der Waals surface area contributed by atoms with E-state index in [9.17, 15) is 24.3 Å². The molecule has 0 heterocycles. The third kappa shape index (κ3) is 6.10.